The summed E-state index contributed by atoms with van der Waals surface area (Å²) in [7, 11) is 0. The van der Waals surface area contributed by atoms with Crippen LogP contribution in [0.5, 0.6) is 0 Å². The highest BCUT2D eigenvalue weighted by Gasteiger charge is 2.70. The van der Waals surface area contributed by atoms with E-state index in [1.807, 2.05) is 37.4 Å². The Morgan fingerprint density at radius 2 is 0.979 bits per heavy atom. The average molecular weight is 703 g/mol. The fourth-order valence-corrected chi connectivity index (χ4v) is 13.7. The zero-order valence-electron chi connectivity index (χ0n) is 29.4. The lowest BCUT2D eigenvalue weighted by Crippen LogP contribution is -2.70. The lowest BCUT2D eigenvalue weighted by atomic mass is 9.58. The highest BCUT2D eigenvalue weighted by molar-refractivity contribution is 7.99. The molecule has 1 aromatic rings. The molecule has 0 radical (unpaired) electrons. The number of rotatable bonds is 6. The summed E-state index contributed by atoms with van der Waals surface area (Å²) in [6.07, 6.45) is 7.76. The minimum Gasteiger partial charge on any atom is -0.335 e. The molecule has 4 bridgehead atoms. The molecule has 8 aliphatic heterocycles. The van der Waals surface area contributed by atoms with Crippen molar-refractivity contribution in [3.05, 3.63) is 35.4 Å². The van der Waals surface area contributed by atoms with E-state index in [-0.39, 0.29) is 23.5 Å². The first-order valence-electron chi connectivity index (χ1n) is 18.7. The van der Waals surface area contributed by atoms with Crippen molar-refractivity contribution in [2.24, 2.45) is 47.3 Å². The number of fused-ring (bicyclic) bond motifs is 4. The summed E-state index contributed by atoms with van der Waals surface area (Å²) >= 11 is 3.79. The maximum Gasteiger partial charge on any atom is 0.201 e. The Bertz CT molecular complexity index is 1270. The van der Waals surface area contributed by atoms with Crippen molar-refractivity contribution in [1.82, 2.24) is 0 Å². The van der Waals surface area contributed by atoms with Gasteiger partial charge >= 0.3 is 0 Å². The van der Waals surface area contributed by atoms with Gasteiger partial charge in [-0.1, -0.05) is 52.0 Å². The molecule has 266 valence electrons. The fourth-order valence-electron chi connectivity index (χ4n) is 11.2. The molecule has 0 aromatic heterocycles. The van der Waals surface area contributed by atoms with E-state index in [0.717, 1.165) is 50.0 Å². The predicted octanol–water partition coefficient (Wildman–Crippen LogP) is 8.57. The maximum atomic E-state index is 6.81. The second kappa shape index (κ2) is 12.1. The van der Waals surface area contributed by atoms with Crippen LogP contribution >= 0.6 is 23.5 Å². The van der Waals surface area contributed by atoms with Crippen molar-refractivity contribution >= 4 is 23.5 Å². The quantitative estimate of drug-likeness (QED) is 0.269. The maximum absolute atomic E-state index is 6.81. The largest absolute Gasteiger partial charge is 0.335 e. The van der Waals surface area contributed by atoms with Gasteiger partial charge in [0.05, 0.1) is 0 Å². The van der Waals surface area contributed by atoms with Crippen molar-refractivity contribution in [2.75, 3.05) is 0 Å². The highest BCUT2D eigenvalue weighted by Crippen LogP contribution is 2.63. The summed E-state index contributed by atoms with van der Waals surface area (Å²) < 4.78 is 26.8. The first-order valence-corrected chi connectivity index (χ1v) is 20.8. The molecule has 48 heavy (non-hydrogen) atoms. The van der Waals surface area contributed by atoms with Crippen LogP contribution in [0, 0.1) is 47.3 Å². The number of benzene rings is 1. The van der Waals surface area contributed by atoms with Gasteiger partial charge < -0.3 is 18.9 Å². The van der Waals surface area contributed by atoms with Crippen molar-refractivity contribution in [3.63, 3.8) is 0 Å². The molecule has 8 heterocycles. The normalized spacial score (nSPS) is 53.8. The van der Waals surface area contributed by atoms with Gasteiger partial charge in [-0.3, -0.25) is 0 Å². The standard InChI is InChI=1S/C38H54O8S2/c1-21-7-13-29-23(3)31(39-33-37(29)27(21)15-17-35(5,41-33)43-45-37)47-19-25-9-11-26(12-10-25)20-48-32-24(4)30-14-8-22(2)28-16-18-36(6)42-34(40-32)38(28,30)46-44-36/h9-12,21-24,27-34H,7-8,13-20H2,1-6H3/t21-,22-,23-,24-,27+,28+,29+,30+,31+,32+,33-,34-,35-,36-,37-,38-/m1/s1. The Balaban J connectivity index is 0.839. The van der Waals surface area contributed by atoms with Gasteiger partial charge in [0.1, 0.15) is 10.9 Å². The van der Waals surface area contributed by atoms with Crippen LogP contribution < -0.4 is 0 Å². The van der Waals surface area contributed by atoms with Crippen LogP contribution in [0.25, 0.3) is 0 Å². The third kappa shape index (κ3) is 5.08. The molecule has 2 saturated carbocycles. The minimum absolute atomic E-state index is 0.0511. The van der Waals surface area contributed by atoms with Crippen LogP contribution in [-0.4, -0.2) is 46.2 Å². The average Bonchev–Trinajstić information content (AvgIpc) is 3.45. The molecule has 10 heteroatoms. The van der Waals surface area contributed by atoms with E-state index in [1.165, 1.54) is 24.0 Å². The van der Waals surface area contributed by atoms with Crippen LogP contribution in [0.2, 0.25) is 0 Å². The lowest BCUT2D eigenvalue weighted by molar-refractivity contribution is -0.568. The molecule has 2 spiro atoms. The van der Waals surface area contributed by atoms with Crippen molar-refractivity contribution in [2.45, 2.75) is 151 Å². The lowest BCUT2D eigenvalue weighted by Gasteiger charge is -2.60. The van der Waals surface area contributed by atoms with Gasteiger partial charge in [0.2, 0.25) is 11.6 Å². The SMILES string of the molecule is C[C@H]1[C@H](SCc2ccc(CS[C@@H]3O[C@@H]4O[C@@]5(C)CC[C@H]6[C@H](C)CC[C@@H]([C@H]3C)[C@@]46OO5)cc2)O[C@@H]2O[C@@]3(C)CC[C@H]4[C@H](C)CC[C@@H]1[C@@]24OO3. The van der Waals surface area contributed by atoms with Gasteiger partial charge in [-0.25, -0.2) is 19.6 Å². The molecule has 0 N–H and O–H groups in total. The third-order valence-corrected chi connectivity index (χ3v) is 16.8. The molecule has 2 aliphatic carbocycles. The molecular formula is C38H54O8S2. The van der Waals surface area contributed by atoms with Gasteiger partial charge in [0.25, 0.3) is 0 Å². The number of hydrogen-bond acceptors (Lipinski definition) is 10. The Morgan fingerprint density at radius 3 is 1.40 bits per heavy atom. The zero-order valence-corrected chi connectivity index (χ0v) is 31.0. The predicted molar refractivity (Wildman–Crippen MR) is 183 cm³/mol. The van der Waals surface area contributed by atoms with E-state index >= 15 is 0 Å². The molecule has 8 nitrogen and oxygen atoms in total. The van der Waals surface area contributed by atoms with Crippen LogP contribution in [0.3, 0.4) is 0 Å². The van der Waals surface area contributed by atoms with E-state index in [2.05, 4.69) is 52.0 Å². The summed E-state index contributed by atoms with van der Waals surface area (Å²) in [4.78, 5) is 24.7. The van der Waals surface area contributed by atoms with Gasteiger partial charge in [0.15, 0.2) is 23.8 Å². The molecular weight excluding hydrogens is 649 g/mol. The van der Waals surface area contributed by atoms with E-state index in [9.17, 15) is 0 Å². The van der Waals surface area contributed by atoms with Crippen molar-refractivity contribution in [3.8, 4) is 0 Å². The monoisotopic (exact) mass is 702 g/mol. The summed E-state index contributed by atoms with van der Waals surface area (Å²) in [5.41, 5.74) is 1.73. The Morgan fingerprint density at radius 1 is 0.562 bits per heavy atom. The third-order valence-electron chi connectivity index (χ3n) is 14.0. The van der Waals surface area contributed by atoms with Gasteiger partial charge in [0, 0.05) is 36.2 Å². The second-order valence-electron chi connectivity index (χ2n) is 17.0. The molecule has 10 aliphatic rings. The smallest absolute Gasteiger partial charge is 0.201 e. The van der Waals surface area contributed by atoms with E-state index in [1.54, 1.807) is 0 Å². The van der Waals surface area contributed by atoms with Crippen LogP contribution in [0.15, 0.2) is 24.3 Å². The van der Waals surface area contributed by atoms with Crippen molar-refractivity contribution < 1.29 is 38.5 Å². The number of thioether (sulfide) groups is 2. The molecule has 8 saturated heterocycles. The fraction of sp³-hybridized carbons (Fsp3) is 0.842. The van der Waals surface area contributed by atoms with E-state index < -0.39 is 22.8 Å². The first-order chi connectivity index (χ1) is 23.0. The zero-order chi connectivity index (χ0) is 33.1. The molecule has 0 amide bonds. The van der Waals surface area contributed by atoms with Crippen molar-refractivity contribution in [1.29, 1.82) is 0 Å². The topological polar surface area (TPSA) is 73.8 Å². The van der Waals surface area contributed by atoms with Gasteiger partial charge in [-0.05, 0) is 99.0 Å². The van der Waals surface area contributed by atoms with Gasteiger partial charge in [-0.2, -0.15) is 0 Å². The van der Waals surface area contributed by atoms with Crippen LogP contribution in [-0.2, 0) is 50.0 Å². The Kier molecular flexibility index (Phi) is 8.41. The Hall–Kier alpha value is -0.400. The first kappa shape index (κ1) is 33.4. The van der Waals surface area contributed by atoms with Gasteiger partial charge in [-0.15, -0.1) is 23.5 Å². The molecule has 0 unspecified atom stereocenters. The second-order valence-corrected chi connectivity index (χ2v) is 19.2. The summed E-state index contributed by atoms with van der Waals surface area (Å²) in [5.74, 6) is 3.70. The molecule has 16 atom stereocenters. The van der Waals surface area contributed by atoms with Crippen LogP contribution in [0.4, 0.5) is 0 Å². The minimum atomic E-state index is -0.733. The molecule has 11 rings (SSSR count). The summed E-state index contributed by atoms with van der Waals surface area (Å²) in [5, 5.41) is 0. The highest BCUT2D eigenvalue weighted by atomic mass is 32.2. The Labute approximate surface area is 294 Å². The van der Waals surface area contributed by atoms with Crippen LogP contribution in [0.1, 0.15) is 104 Å². The summed E-state index contributed by atoms with van der Waals surface area (Å²) in [6.45, 7) is 13.4. The molecule has 1 aromatic carbocycles. The number of ether oxygens (including phenoxy) is 4. The van der Waals surface area contributed by atoms with E-state index in [4.69, 9.17) is 38.5 Å². The number of hydrogen-bond donors (Lipinski definition) is 0. The molecule has 10 fully saturated rings. The van der Waals surface area contributed by atoms with E-state index in [0.29, 0.717) is 47.3 Å². The summed E-state index contributed by atoms with van der Waals surface area (Å²) in [6, 6.07) is 9.13.